The molecule has 0 aromatic heterocycles. The van der Waals surface area contributed by atoms with Gasteiger partial charge in [0.1, 0.15) is 0 Å². The highest BCUT2D eigenvalue weighted by Crippen LogP contribution is 2.10. The molecule has 0 aliphatic rings. The van der Waals surface area contributed by atoms with Crippen molar-refractivity contribution in [3.05, 3.63) is 29.8 Å². The van der Waals surface area contributed by atoms with Crippen LogP contribution in [-0.2, 0) is 0 Å². The Morgan fingerprint density at radius 2 is 2.27 bits per heavy atom. The molecule has 0 unspecified atom stereocenters. The lowest BCUT2D eigenvalue weighted by Gasteiger charge is -2.06. The highest BCUT2D eigenvalue weighted by molar-refractivity contribution is 7.98. The van der Waals surface area contributed by atoms with Crippen molar-refractivity contribution in [2.75, 3.05) is 23.9 Å². The Morgan fingerprint density at radius 1 is 1.40 bits per heavy atom. The lowest BCUT2D eigenvalue weighted by molar-refractivity contribution is 0.843. The van der Waals surface area contributed by atoms with Crippen LogP contribution in [-0.4, -0.2) is 18.6 Å². The fourth-order valence-electron chi connectivity index (χ4n) is 1.32. The van der Waals surface area contributed by atoms with Crippen LogP contribution >= 0.6 is 11.8 Å². The van der Waals surface area contributed by atoms with E-state index in [9.17, 15) is 0 Å². The van der Waals surface area contributed by atoms with Crippen molar-refractivity contribution in [3.63, 3.8) is 0 Å². The molecule has 0 aliphatic carbocycles. The Balaban J connectivity index is 2.28. The van der Waals surface area contributed by atoms with Gasteiger partial charge in [0, 0.05) is 17.8 Å². The summed E-state index contributed by atoms with van der Waals surface area (Å²) in [6, 6.07) is 7.99. The Hall–Kier alpha value is -1.07. The molecule has 15 heavy (non-hydrogen) atoms. The summed E-state index contributed by atoms with van der Waals surface area (Å²) >= 11 is 1.90. The number of benzene rings is 1. The predicted octanol–water partition coefficient (Wildman–Crippen LogP) is 3.22. The van der Waals surface area contributed by atoms with Gasteiger partial charge in [0.05, 0.1) is 0 Å². The van der Waals surface area contributed by atoms with Crippen LogP contribution in [0.2, 0.25) is 0 Å². The summed E-state index contributed by atoms with van der Waals surface area (Å²) in [5, 5.41) is 3.37. The van der Waals surface area contributed by atoms with Gasteiger partial charge < -0.3 is 5.32 Å². The molecule has 1 aromatic carbocycles. The third-order valence-corrected chi connectivity index (χ3v) is 2.83. The van der Waals surface area contributed by atoms with Gasteiger partial charge in [-0.05, 0) is 43.0 Å². The van der Waals surface area contributed by atoms with E-state index in [0.717, 1.165) is 17.8 Å². The molecular weight excluding hydrogens is 202 g/mol. The van der Waals surface area contributed by atoms with Crippen LogP contribution < -0.4 is 5.32 Å². The fraction of sp³-hybridized carbons (Fsp3) is 0.385. The SMILES string of the molecule is C#Cc1cccc(NCCCCSC)c1. The summed E-state index contributed by atoms with van der Waals surface area (Å²) in [6.45, 7) is 1.02. The molecule has 0 atom stereocenters. The van der Waals surface area contributed by atoms with Gasteiger partial charge in [0.15, 0.2) is 0 Å². The molecule has 80 valence electrons. The maximum Gasteiger partial charge on any atom is 0.0352 e. The quantitative estimate of drug-likeness (QED) is 0.582. The first-order valence-electron chi connectivity index (χ1n) is 5.16. The van der Waals surface area contributed by atoms with Gasteiger partial charge >= 0.3 is 0 Å². The molecule has 2 heteroatoms. The van der Waals surface area contributed by atoms with Gasteiger partial charge in [-0.25, -0.2) is 0 Å². The third kappa shape index (κ3) is 4.80. The van der Waals surface area contributed by atoms with Gasteiger partial charge in [-0.2, -0.15) is 11.8 Å². The smallest absolute Gasteiger partial charge is 0.0352 e. The average molecular weight is 219 g/mol. The first-order chi connectivity index (χ1) is 7.36. The van der Waals surface area contributed by atoms with E-state index in [1.54, 1.807) is 0 Å². The van der Waals surface area contributed by atoms with Crippen molar-refractivity contribution in [1.82, 2.24) is 0 Å². The summed E-state index contributed by atoms with van der Waals surface area (Å²) in [5.41, 5.74) is 2.05. The molecule has 0 saturated heterocycles. The van der Waals surface area contributed by atoms with E-state index < -0.39 is 0 Å². The average Bonchev–Trinajstić information content (AvgIpc) is 2.29. The lowest BCUT2D eigenvalue weighted by Crippen LogP contribution is -2.01. The summed E-state index contributed by atoms with van der Waals surface area (Å²) < 4.78 is 0. The van der Waals surface area contributed by atoms with E-state index in [0.29, 0.717) is 0 Å². The van der Waals surface area contributed by atoms with Crippen LogP contribution in [0.5, 0.6) is 0 Å². The number of hydrogen-bond donors (Lipinski definition) is 1. The van der Waals surface area contributed by atoms with Gasteiger partial charge in [0.25, 0.3) is 0 Å². The molecule has 1 aromatic rings. The molecular formula is C13H17NS. The number of nitrogens with one attached hydrogen (secondary N) is 1. The van der Waals surface area contributed by atoms with Crippen molar-refractivity contribution in [1.29, 1.82) is 0 Å². The third-order valence-electron chi connectivity index (χ3n) is 2.13. The fourth-order valence-corrected chi connectivity index (χ4v) is 1.82. The van der Waals surface area contributed by atoms with Crippen molar-refractivity contribution in [3.8, 4) is 12.3 Å². The largest absolute Gasteiger partial charge is 0.385 e. The molecule has 1 rings (SSSR count). The van der Waals surface area contributed by atoms with Crippen LogP contribution in [0, 0.1) is 12.3 Å². The Labute approximate surface area is 96.7 Å². The molecule has 0 radical (unpaired) electrons. The number of anilines is 1. The van der Waals surface area contributed by atoms with E-state index in [-0.39, 0.29) is 0 Å². The van der Waals surface area contributed by atoms with Crippen molar-refractivity contribution >= 4 is 17.4 Å². The van der Waals surface area contributed by atoms with E-state index in [1.807, 2.05) is 30.0 Å². The standard InChI is InChI=1S/C13H17NS/c1-3-12-7-6-8-13(11-12)14-9-4-5-10-15-2/h1,6-8,11,14H,4-5,9-10H2,2H3. The summed E-state index contributed by atoms with van der Waals surface area (Å²) in [6.07, 6.45) is 9.95. The molecule has 0 aliphatic heterocycles. The molecule has 0 fully saturated rings. The highest BCUT2D eigenvalue weighted by atomic mass is 32.2. The van der Waals surface area contributed by atoms with Crippen LogP contribution in [0.1, 0.15) is 18.4 Å². The molecule has 0 heterocycles. The topological polar surface area (TPSA) is 12.0 Å². The minimum absolute atomic E-state index is 0.934. The van der Waals surface area contributed by atoms with Crippen LogP contribution in [0.25, 0.3) is 0 Å². The van der Waals surface area contributed by atoms with E-state index in [4.69, 9.17) is 6.42 Å². The van der Waals surface area contributed by atoms with E-state index in [2.05, 4.69) is 23.6 Å². The highest BCUT2D eigenvalue weighted by Gasteiger charge is 1.92. The molecule has 0 spiro atoms. The number of terminal acetylenes is 1. The van der Waals surface area contributed by atoms with E-state index in [1.165, 1.54) is 18.6 Å². The maximum atomic E-state index is 5.33. The summed E-state index contributed by atoms with van der Waals surface area (Å²) in [5.74, 6) is 3.88. The minimum Gasteiger partial charge on any atom is -0.385 e. The molecule has 0 amide bonds. The second-order valence-corrected chi connectivity index (χ2v) is 4.34. The van der Waals surface area contributed by atoms with Crippen molar-refractivity contribution < 1.29 is 0 Å². The molecule has 1 nitrogen and oxygen atoms in total. The lowest BCUT2D eigenvalue weighted by atomic mass is 10.2. The zero-order valence-corrected chi connectivity index (χ0v) is 9.94. The second kappa shape index (κ2) is 7.25. The Kier molecular flexibility index (Phi) is 5.80. The molecule has 1 N–H and O–H groups in total. The zero-order chi connectivity index (χ0) is 10.9. The number of rotatable bonds is 6. The summed E-state index contributed by atoms with van der Waals surface area (Å²) in [7, 11) is 0. The van der Waals surface area contributed by atoms with Crippen LogP contribution in [0.4, 0.5) is 5.69 Å². The van der Waals surface area contributed by atoms with E-state index >= 15 is 0 Å². The zero-order valence-electron chi connectivity index (χ0n) is 9.12. The van der Waals surface area contributed by atoms with Crippen molar-refractivity contribution in [2.45, 2.75) is 12.8 Å². The predicted molar refractivity (Wildman–Crippen MR) is 70.5 cm³/mol. The summed E-state index contributed by atoms with van der Waals surface area (Å²) in [4.78, 5) is 0. The monoisotopic (exact) mass is 219 g/mol. The number of hydrogen-bond acceptors (Lipinski definition) is 2. The molecule has 0 bridgehead atoms. The van der Waals surface area contributed by atoms with Crippen molar-refractivity contribution in [2.24, 2.45) is 0 Å². The Bertz CT molecular complexity index is 328. The van der Waals surface area contributed by atoms with Gasteiger partial charge in [0.2, 0.25) is 0 Å². The van der Waals surface area contributed by atoms with Crippen LogP contribution in [0.15, 0.2) is 24.3 Å². The minimum atomic E-state index is 0.934. The second-order valence-electron chi connectivity index (χ2n) is 3.35. The molecule has 0 saturated carbocycles. The normalized spacial score (nSPS) is 9.60. The number of thioether (sulfide) groups is 1. The first-order valence-corrected chi connectivity index (χ1v) is 6.55. The number of unbranched alkanes of at least 4 members (excludes halogenated alkanes) is 1. The van der Waals surface area contributed by atoms with Gasteiger partial charge in [-0.3, -0.25) is 0 Å². The van der Waals surface area contributed by atoms with Gasteiger partial charge in [-0.1, -0.05) is 12.0 Å². The van der Waals surface area contributed by atoms with Crippen LogP contribution in [0.3, 0.4) is 0 Å². The Morgan fingerprint density at radius 3 is 3.00 bits per heavy atom. The maximum absolute atomic E-state index is 5.33. The first kappa shape index (κ1) is 12.0. The van der Waals surface area contributed by atoms with Gasteiger partial charge in [-0.15, -0.1) is 6.42 Å².